The van der Waals surface area contributed by atoms with E-state index in [2.05, 4.69) is 0 Å². The van der Waals surface area contributed by atoms with Crippen molar-refractivity contribution in [3.63, 3.8) is 0 Å². The fourth-order valence-corrected chi connectivity index (χ4v) is 6.36. The summed E-state index contributed by atoms with van der Waals surface area (Å²) in [6.45, 7) is 2.23. The summed E-state index contributed by atoms with van der Waals surface area (Å²) in [7, 11) is -4.25. The van der Waals surface area contributed by atoms with Crippen molar-refractivity contribution in [1.29, 1.82) is 0 Å². The molecule has 0 radical (unpaired) electrons. The molecule has 0 fully saturated rings. The van der Waals surface area contributed by atoms with Gasteiger partial charge in [0.2, 0.25) is 0 Å². The van der Waals surface area contributed by atoms with Crippen molar-refractivity contribution in [1.82, 2.24) is 4.67 Å². The van der Waals surface area contributed by atoms with Crippen molar-refractivity contribution < 1.29 is 32.3 Å². The number of halogens is 5. The molecule has 208 valence electrons. The summed E-state index contributed by atoms with van der Waals surface area (Å²) in [4.78, 5) is 10.8. The summed E-state index contributed by atoms with van der Waals surface area (Å²) in [5, 5.41) is 13.2. The second-order valence-electron chi connectivity index (χ2n) is 9.22. The van der Waals surface area contributed by atoms with Gasteiger partial charge in [-0.05, 0) is 77.0 Å². The molecule has 0 saturated carbocycles. The van der Waals surface area contributed by atoms with Gasteiger partial charge in [-0.1, -0.05) is 60.8 Å². The van der Waals surface area contributed by atoms with E-state index in [4.69, 9.17) is 27.7 Å². The lowest BCUT2D eigenvalue weighted by atomic mass is 9.92. The summed E-state index contributed by atoms with van der Waals surface area (Å²) in [5.41, 5.74) is -0.435. The highest BCUT2D eigenvalue weighted by Crippen LogP contribution is 2.48. The molecule has 0 aliphatic rings. The summed E-state index contributed by atoms with van der Waals surface area (Å²) < 4.78 is 60.2. The lowest BCUT2D eigenvalue weighted by Gasteiger charge is -2.28. The smallest absolute Gasteiger partial charge is 0.413 e. The molecule has 0 heterocycles. The highest BCUT2D eigenvalue weighted by atomic mass is 35.5. The van der Waals surface area contributed by atoms with Crippen molar-refractivity contribution in [2.75, 3.05) is 13.1 Å². The van der Waals surface area contributed by atoms with Crippen LogP contribution in [0.1, 0.15) is 43.4 Å². The molecule has 4 aromatic carbocycles. The predicted molar refractivity (Wildman–Crippen MR) is 149 cm³/mol. The van der Waals surface area contributed by atoms with Crippen LogP contribution in [-0.4, -0.2) is 27.8 Å². The molecule has 0 spiro atoms. The zero-order valence-corrected chi connectivity index (χ0v) is 23.4. The van der Waals surface area contributed by atoms with E-state index in [-0.39, 0.29) is 35.3 Å². The van der Waals surface area contributed by atoms with Crippen LogP contribution >= 0.6 is 30.9 Å². The van der Waals surface area contributed by atoms with Gasteiger partial charge >= 0.3 is 13.9 Å². The molecule has 0 saturated heterocycles. The summed E-state index contributed by atoms with van der Waals surface area (Å²) >= 11 is 12.7. The Morgan fingerprint density at radius 1 is 1.00 bits per heavy atom. The number of hydrogen-bond acceptors (Lipinski definition) is 3. The molecule has 0 amide bonds. The van der Waals surface area contributed by atoms with Crippen molar-refractivity contribution in [2.45, 2.75) is 38.5 Å². The minimum absolute atomic E-state index is 0.0134. The number of hydrogen-bond donors (Lipinski definition) is 2. The van der Waals surface area contributed by atoms with Gasteiger partial charge in [0, 0.05) is 23.5 Å². The molecule has 4 rings (SSSR count). The zero-order valence-electron chi connectivity index (χ0n) is 21.0. The summed E-state index contributed by atoms with van der Waals surface area (Å²) in [6.07, 6.45) is -4.26. The van der Waals surface area contributed by atoms with E-state index >= 15 is 0 Å². The van der Waals surface area contributed by atoms with Crippen LogP contribution in [0.25, 0.3) is 21.5 Å². The molecule has 39 heavy (non-hydrogen) atoms. The molecule has 0 bridgehead atoms. The van der Waals surface area contributed by atoms with Crippen molar-refractivity contribution >= 4 is 52.5 Å². The Morgan fingerprint density at radius 2 is 1.72 bits per heavy atom. The van der Waals surface area contributed by atoms with Crippen molar-refractivity contribution in [3.05, 3.63) is 87.9 Å². The van der Waals surface area contributed by atoms with Gasteiger partial charge in [0.25, 0.3) is 0 Å². The normalized spacial score (nSPS) is 14.6. The standard InChI is InChI=1S/C28H27Cl2F3NO4P/c1-2-3-12-34(39(36,37)38-21-7-5-4-6-8-21)13-11-26(35)24-14-18-9-10-19(28(31,32)33)15-22(18)23-16-20(29)17-25(30)27(23)24/h4-10,14-17,26,35H,2-3,11-13H2,1H3,(H,36,37). The van der Waals surface area contributed by atoms with E-state index in [1.54, 1.807) is 36.4 Å². The molecule has 0 aliphatic heterocycles. The molecular formula is C28H27Cl2F3NO4P. The molecule has 11 heteroatoms. The third kappa shape index (κ3) is 6.88. The Labute approximate surface area is 234 Å². The molecule has 4 aromatic rings. The fraction of sp³-hybridized carbons (Fsp3) is 0.286. The minimum Gasteiger partial charge on any atom is -0.413 e. The molecular weight excluding hydrogens is 573 g/mol. The summed E-state index contributed by atoms with van der Waals surface area (Å²) in [6, 6.07) is 16.2. The van der Waals surface area contributed by atoms with Crippen molar-refractivity contribution in [2.24, 2.45) is 0 Å². The molecule has 2 N–H and O–H groups in total. The monoisotopic (exact) mass is 599 g/mol. The third-order valence-corrected chi connectivity index (χ3v) is 8.52. The average molecular weight is 600 g/mol. The van der Waals surface area contributed by atoms with Crippen LogP contribution in [0.3, 0.4) is 0 Å². The topological polar surface area (TPSA) is 70.0 Å². The molecule has 0 aliphatic carbocycles. The number of aliphatic hydroxyl groups is 1. The van der Waals surface area contributed by atoms with E-state index in [0.717, 1.165) is 18.6 Å². The Hall–Kier alpha value is -2.32. The number of benzene rings is 4. The van der Waals surface area contributed by atoms with Crippen LogP contribution < -0.4 is 4.52 Å². The molecule has 2 unspecified atom stereocenters. The number of para-hydroxylation sites is 1. The highest BCUT2D eigenvalue weighted by Gasteiger charge is 2.33. The van der Waals surface area contributed by atoms with Crippen LogP contribution in [0.15, 0.2) is 66.7 Å². The number of alkyl halides is 3. The van der Waals surface area contributed by atoms with Crippen molar-refractivity contribution in [3.8, 4) is 5.75 Å². The molecule has 5 nitrogen and oxygen atoms in total. The first-order valence-electron chi connectivity index (χ1n) is 12.3. The Kier molecular flexibility index (Phi) is 9.16. The molecule has 0 aromatic heterocycles. The Morgan fingerprint density at radius 3 is 2.38 bits per heavy atom. The minimum atomic E-state index is -4.54. The third-order valence-electron chi connectivity index (χ3n) is 6.44. The summed E-state index contributed by atoms with van der Waals surface area (Å²) in [5.74, 6) is 0.243. The van der Waals surface area contributed by atoms with Gasteiger partial charge in [-0.2, -0.15) is 17.8 Å². The first kappa shape index (κ1) is 29.7. The maximum absolute atomic E-state index is 13.4. The number of nitrogens with zero attached hydrogens (tertiary/aromatic N) is 1. The quantitative estimate of drug-likeness (QED) is 0.140. The van der Waals surface area contributed by atoms with Gasteiger partial charge in [-0.3, -0.25) is 0 Å². The van der Waals surface area contributed by atoms with E-state index < -0.39 is 25.6 Å². The fourth-order valence-electron chi connectivity index (χ4n) is 4.48. The first-order chi connectivity index (χ1) is 18.4. The second-order valence-corrected chi connectivity index (χ2v) is 11.8. The number of rotatable bonds is 10. The lowest BCUT2D eigenvalue weighted by Crippen LogP contribution is -2.26. The number of fused-ring (bicyclic) bond motifs is 3. The SMILES string of the molecule is CCCCN(CCC(O)c1cc2ccc(C(F)(F)F)cc2c2cc(Cl)cc(Cl)c12)P(=O)(O)Oc1ccccc1. The zero-order chi connectivity index (χ0) is 28.4. The predicted octanol–water partition coefficient (Wildman–Crippen LogP) is 9.02. The Balaban J connectivity index is 1.69. The van der Waals surface area contributed by atoms with Crippen LogP contribution in [0.5, 0.6) is 5.75 Å². The van der Waals surface area contributed by atoms with E-state index in [1.807, 2.05) is 6.92 Å². The maximum atomic E-state index is 13.4. The van der Waals surface area contributed by atoms with Crippen LogP contribution in [0.4, 0.5) is 13.2 Å². The van der Waals surface area contributed by atoms with E-state index in [9.17, 15) is 27.7 Å². The van der Waals surface area contributed by atoms with Gasteiger partial charge in [-0.25, -0.2) is 4.57 Å². The van der Waals surface area contributed by atoms with E-state index in [0.29, 0.717) is 33.5 Å². The Bertz CT molecular complexity index is 1520. The lowest BCUT2D eigenvalue weighted by molar-refractivity contribution is -0.137. The van der Waals surface area contributed by atoms with Gasteiger partial charge in [0.1, 0.15) is 5.75 Å². The number of aliphatic hydroxyl groups excluding tert-OH is 1. The van der Waals surface area contributed by atoms with Gasteiger partial charge < -0.3 is 14.5 Å². The van der Waals surface area contributed by atoms with Gasteiger partial charge in [0.05, 0.1) is 16.7 Å². The van der Waals surface area contributed by atoms with Gasteiger partial charge in [-0.15, -0.1) is 0 Å². The maximum Gasteiger partial charge on any atom is 0.458 e. The van der Waals surface area contributed by atoms with Crippen LogP contribution in [0.2, 0.25) is 10.0 Å². The largest absolute Gasteiger partial charge is 0.458 e. The first-order valence-corrected chi connectivity index (χ1v) is 14.6. The second kappa shape index (κ2) is 12.0. The van der Waals surface area contributed by atoms with Crippen LogP contribution in [0, 0.1) is 0 Å². The van der Waals surface area contributed by atoms with E-state index in [1.165, 1.54) is 22.9 Å². The number of unbranched alkanes of at least 4 members (excludes halogenated alkanes) is 1. The van der Waals surface area contributed by atoms with Crippen LogP contribution in [-0.2, 0) is 10.7 Å². The molecule has 2 atom stereocenters. The highest BCUT2D eigenvalue weighted by molar-refractivity contribution is 7.50. The average Bonchev–Trinajstić information content (AvgIpc) is 2.87. The van der Waals surface area contributed by atoms with Gasteiger partial charge in [0.15, 0.2) is 0 Å².